The molecule has 0 amide bonds. The van der Waals surface area contributed by atoms with Gasteiger partial charge in [-0.05, 0) is 22.0 Å². The van der Waals surface area contributed by atoms with Crippen molar-refractivity contribution in [3.8, 4) is 16.9 Å². The molecule has 1 aromatic carbocycles. The van der Waals surface area contributed by atoms with Crippen LogP contribution in [-0.2, 0) is 0 Å². The number of methoxy groups -OCH3 is 1. The van der Waals surface area contributed by atoms with Crippen LogP contribution >= 0.6 is 27.3 Å². The van der Waals surface area contributed by atoms with Crippen LogP contribution in [0.3, 0.4) is 0 Å². The zero-order chi connectivity index (χ0) is 12.4. The van der Waals surface area contributed by atoms with E-state index in [1.54, 1.807) is 7.11 Å². The van der Waals surface area contributed by atoms with Gasteiger partial charge in [0.15, 0.2) is 0 Å². The van der Waals surface area contributed by atoms with E-state index in [2.05, 4.69) is 15.9 Å². The topological polar surface area (TPSA) is 46.5 Å². The maximum Gasteiger partial charge on any atom is 0.338 e. The number of rotatable bonds is 3. The standard InChI is InChI=1S/C12H9BrO3S/c1-16-9-5-3-2-4-7(9)8-6-17-11(13)10(8)12(14)15/h2-6H,1H3,(H,14,15). The van der Waals surface area contributed by atoms with Gasteiger partial charge in [0, 0.05) is 16.5 Å². The van der Waals surface area contributed by atoms with Crippen LogP contribution in [0.2, 0.25) is 0 Å². The SMILES string of the molecule is COc1ccccc1-c1csc(Br)c1C(=O)O. The van der Waals surface area contributed by atoms with Gasteiger partial charge in [-0.25, -0.2) is 4.79 Å². The van der Waals surface area contributed by atoms with Crippen LogP contribution < -0.4 is 4.74 Å². The molecule has 0 bridgehead atoms. The Labute approximate surface area is 111 Å². The number of aromatic carboxylic acids is 1. The quantitative estimate of drug-likeness (QED) is 0.935. The monoisotopic (exact) mass is 312 g/mol. The van der Waals surface area contributed by atoms with E-state index in [4.69, 9.17) is 4.74 Å². The Bertz CT molecular complexity index is 563. The Hall–Kier alpha value is -1.33. The molecule has 0 aliphatic heterocycles. The van der Waals surface area contributed by atoms with E-state index in [9.17, 15) is 9.90 Å². The first-order valence-corrected chi connectivity index (χ1v) is 6.46. The van der Waals surface area contributed by atoms with Crippen LogP contribution in [0.5, 0.6) is 5.75 Å². The lowest BCUT2D eigenvalue weighted by Crippen LogP contribution is -1.98. The smallest absolute Gasteiger partial charge is 0.338 e. The third-order valence-electron chi connectivity index (χ3n) is 2.36. The normalized spacial score (nSPS) is 10.2. The maximum absolute atomic E-state index is 11.2. The first-order chi connectivity index (χ1) is 8.15. The number of halogens is 1. The second-order valence-electron chi connectivity index (χ2n) is 3.30. The molecule has 0 aliphatic rings. The second-order valence-corrected chi connectivity index (χ2v) is 5.50. The lowest BCUT2D eigenvalue weighted by atomic mass is 10.0. The number of thiophene rings is 1. The molecule has 0 fully saturated rings. The van der Waals surface area contributed by atoms with Crippen LogP contribution in [0.15, 0.2) is 33.4 Å². The summed E-state index contributed by atoms with van der Waals surface area (Å²) < 4.78 is 5.86. The molecule has 0 radical (unpaired) electrons. The summed E-state index contributed by atoms with van der Waals surface area (Å²) >= 11 is 4.61. The van der Waals surface area contributed by atoms with Gasteiger partial charge in [0.2, 0.25) is 0 Å². The predicted octanol–water partition coefficient (Wildman–Crippen LogP) is 3.88. The van der Waals surface area contributed by atoms with Gasteiger partial charge < -0.3 is 9.84 Å². The fraction of sp³-hybridized carbons (Fsp3) is 0.0833. The molecule has 1 heterocycles. The molecule has 2 rings (SSSR count). The number of carbonyl (C=O) groups is 1. The second kappa shape index (κ2) is 4.89. The van der Waals surface area contributed by atoms with Gasteiger partial charge >= 0.3 is 5.97 Å². The Kier molecular flexibility index (Phi) is 3.49. The molecule has 88 valence electrons. The molecular weight excluding hydrogens is 304 g/mol. The highest BCUT2D eigenvalue weighted by atomic mass is 79.9. The minimum absolute atomic E-state index is 0.277. The van der Waals surface area contributed by atoms with Gasteiger partial charge in [0.05, 0.1) is 16.5 Å². The molecule has 3 nitrogen and oxygen atoms in total. The Morgan fingerprint density at radius 3 is 2.71 bits per heavy atom. The van der Waals surface area contributed by atoms with E-state index in [0.29, 0.717) is 15.1 Å². The van der Waals surface area contributed by atoms with Crippen molar-refractivity contribution in [1.29, 1.82) is 0 Å². The molecule has 1 N–H and O–H groups in total. The van der Waals surface area contributed by atoms with Crippen molar-refractivity contribution in [1.82, 2.24) is 0 Å². The molecule has 0 spiro atoms. The average molecular weight is 313 g/mol. The minimum atomic E-state index is -0.945. The summed E-state index contributed by atoms with van der Waals surface area (Å²) in [4.78, 5) is 11.2. The zero-order valence-corrected chi connectivity index (χ0v) is 11.3. The van der Waals surface area contributed by atoms with Crippen LogP contribution in [0, 0.1) is 0 Å². The molecule has 2 aromatic rings. The van der Waals surface area contributed by atoms with Crippen LogP contribution in [0.25, 0.3) is 11.1 Å². The van der Waals surface area contributed by atoms with Crippen molar-refractivity contribution in [3.63, 3.8) is 0 Å². The highest BCUT2D eigenvalue weighted by molar-refractivity contribution is 9.11. The van der Waals surface area contributed by atoms with Gasteiger partial charge in [-0.1, -0.05) is 18.2 Å². The van der Waals surface area contributed by atoms with Crippen molar-refractivity contribution in [2.45, 2.75) is 0 Å². The van der Waals surface area contributed by atoms with Crippen molar-refractivity contribution in [2.75, 3.05) is 7.11 Å². The van der Waals surface area contributed by atoms with E-state index >= 15 is 0 Å². The number of carboxylic acids is 1. The highest BCUT2D eigenvalue weighted by Gasteiger charge is 2.19. The first kappa shape index (κ1) is 12.1. The number of benzene rings is 1. The summed E-state index contributed by atoms with van der Waals surface area (Å²) in [6, 6.07) is 7.37. The van der Waals surface area contributed by atoms with E-state index in [1.165, 1.54) is 11.3 Å². The number of ether oxygens (including phenoxy) is 1. The molecule has 0 atom stereocenters. The third-order valence-corrected chi connectivity index (χ3v) is 4.08. The molecule has 5 heteroatoms. The van der Waals surface area contributed by atoms with Gasteiger partial charge in [-0.15, -0.1) is 11.3 Å². The van der Waals surface area contributed by atoms with Crippen LogP contribution in [0.1, 0.15) is 10.4 Å². The van der Waals surface area contributed by atoms with Crippen molar-refractivity contribution < 1.29 is 14.6 Å². The number of hydrogen-bond donors (Lipinski definition) is 1. The van der Waals surface area contributed by atoms with Gasteiger partial charge in [0.25, 0.3) is 0 Å². The van der Waals surface area contributed by atoms with Crippen LogP contribution in [-0.4, -0.2) is 18.2 Å². The average Bonchev–Trinajstić information content (AvgIpc) is 2.71. The summed E-state index contributed by atoms with van der Waals surface area (Å²) in [7, 11) is 1.57. The Balaban J connectivity index is 2.65. The van der Waals surface area contributed by atoms with Gasteiger partial charge in [-0.3, -0.25) is 0 Å². The fourth-order valence-electron chi connectivity index (χ4n) is 1.60. The molecule has 0 aliphatic carbocycles. The predicted molar refractivity (Wildman–Crippen MR) is 71.0 cm³/mol. The Morgan fingerprint density at radius 1 is 1.35 bits per heavy atom. The van der Waals surface area contributed by atoms with Crippen LogP contribution in [0.4, 0.5) is 0 Å². The third kappa shape index (κ3) is 2.21. The molecule has 1 aromatic heterocycles. The molecule has 0 saturated heterocycles. The van der Waals surface area contributed by atoms with Gasteiger partial charge in [-0.2, -0.15) is 0 Å². The molecule has 0 saturated carbocycles. The summed E-state index contributed by atoms with van der Waals surface area (Å²) in [6.45, 7) is 0. The summed E-state index contributed by atoms with van der Waals surface area (Å²) in [5, 5.41) is 11.0. The molecular formula is C12H9BrO3S. The summed E-state index contributed by atoms with van der Waals surface area (Å²) in [5.74, 6) is -0.278. The fourth-order valence-corrected chi connectivity index (χ4v) is 3.04. The minimum Gasteiger partial charge on any atom is -0.496 e. The van der Waals surface area contributed by atoms with Crippen molar-refractivity contribution in [3.05, 3.63) is 39.0 Å². The van der Waals surface area contributed by atoms with E-state index in [-0.39, 0.29) is 5.56 Å². The number of hydrogen-bond acceptors (Lipinski definition) is 3. The highest BCUT2D eigenvalue weighted by Crippen LogP contribution is 2.39. The summed E-state index contributed by atoms with van der Waals surface area (Å²) in [6.07, 6.45) is 0. The lowest BCUT2D eigenvalue weighted by molar-refractivity contribution is 0.0697. The first-order valence-electron chi connectivity index (χ1n) is 4.78. The largest absolute Gasteiger partial charge is 0.496 e. The Morgan fingerprint density at radius 2 is 2.06 bits per heavy atom. The molecule has 0 unspecified atom stereocenters. The lowest BCUT2D eigenvalue weighted by Gasteiger charge is -2.07. The zero-order valence-electron chi connectivity index (χ0n) is 8.94. The molecule has 17 heavy (non-hydrogen) atoms. The van der Waals surface area contributed by atoms with E-state index in [1.807, 2.05) is 29.6 Å². The summed E-state index contributed by atoms with van der Waals surface area (Å²) in [5.41, 5.74) is 1.74. The number of carboxylic acid groups (broad SMARTS) is 1. The van der Waals surface area contributed by atoms with Crippen molar-refractivity contribution in [2.24, 2.45) is 0 Å². The number of para-hydroxylation sites is 1. The van der Waals surface area contributed by atoms with Gasteiger partial charge in [0.1, 0.15) is 5.75 Å². The van der Waals surface area contributed by atoms with Crippen molar-refractivity contribution >= 4 is 33.2 Å². The van der Waals surface area contributed by atoms with E-state index in [0.717, 1.165) is 5.56 Å². The maximum atomic E-state index is 11.2. The van der Waals surface area contributed by atoms with E-state index < -0.39 is 5.97 Å².